The first-order chi connectivity index (χ1) is 19.0. The Morgan fingerprint density at radius 3 is 2.60 bits per heavy atom. The van der Waals surface area contributed by atoms with E-state index in [1.807, 2.05) is 6.92 Å². The van der Waals surface area contributed by atoms with Gasteiger partial charge in [-0.2, -0.15) is 0 Å². The second-order valence-electron chi connectivity index (χ2n) is 10.1. The Balaban J connectivity index is 1.50. The predicted octanol–water partition coefficient (Wildman–Crippen LogP) is 3.81. The van der Waals surface area contributed by atoms with E-state index in [2.05, 4.69) is 20.0 Å². The van der Waals surface area contributed by atoms with E-state index >= 15 is 0 Å². The number of benzene rings is 2. The molecule has 9 nitrogen and oxygen atoms in total. The molecule has 4 rings (SSSR count). The van der Waals surface area contributed by atoms with Crippen molar-refractivity contribution in [3.63, 3.8) is 0 Å². The molecule has 0 bridgehead atoms. The number of nitrogens with one attached hydrogen (secondary N) is 3. The molecule has 1 aliphatic heterocycles. The van der Waals surface area contributed by atoms with Crippen molar-refractivity contribution >= 4 is 21.8 Å². The Morgan fingerprint density at radius 2 is 1.90 bits per heavy atom. The molecular formula is C28H33F2N5O4S. The molecule has 0 spiro atoms. The predicted molar refractivity (Wildman–Crippen MR) is 146 cm³/mol. The zero-order valence-electron chi connectivity index (χ0n) is 22.4. The number of amides is 2. The number of halogens is 2. The maximum atomic E-state index is 14.2. The van der Waals surface area contributed by atoms with Crippen LogP contribution < -0.4 is 10.0 Å². The molecule has 2 unspecified atom stereocenters. The Morgan fingerprint density at radius 1 is 1.15 bits per heavy atom. The lowest BCUT2D eigenvalue weighted by atomic mass is 10.0. The highest BCUT2D eigenvalue weighted by Crippen LogP contribution is 2.23. The van der Waals surface area contributed by atoms with Crippen LogP contribution in [-0.2, 0) is 25.4 Å². The summed E-state index contributed by atoms with van der Waals surface area (Å²) in [6, 6.07) is 9.57. The minimum absolute atomic E-state index is 0.00166. The van der Waals surface area contributed by atoms with Crippen LogP contribution in [0.1, 0.15) is 57.0 Å². The molecule has 2 aromatic carbocycles. The van der Waals surface area contributed by atoms with Gasteiger partial charge in [0.25, 0.3) is 0 Å². The third kappa shape index (κ3) is 7.51. The number of likely N-dealkylation sites (tertiary alicyclic amines) is 1. The van der Waals surface area contributed by atoms with Gasteiger partial charge in [-0.25, -0.2) is 26.9 Å². The Kier molecular flexibility index (Phi) is 9.31. The molecule has 1 aliphatic rings. The molecule has 2 heterocycles. The molecule has 1 aromatic heterocycles. The minimum atomic E-state index is -3.99. The zero-order chi connectivity index (χ0) is 28.9. The highest BCUT2D eigenvalue weighted by Gasteiger charge is 2.32. The normalized spacial score (nSPS) is 17.3. The van der Waals surface area contributed by atoms with E-state index in [1.165, 1.54) is 12.3 Å². The van der Waals surface area contributed by atoms with Gasteiger partial charge in [0.05, 0.1) is 30.1 Å². The van der Waals surface area contributed by atoms with Crippen molar-refractivity contribution in [1.29, 1.82) is 0 Å². The number of piperidine rings is 1. The molecule has 0 saturated carbocycles. The molecule has 40 heavy (non-hydrogen) atoms. The molecule has 3 atom stereocenters. The van der Waals surface area contributed by atoms with Crippen LogP contribution in [0.2, 0.25) is 0 Å². The molecule has 1 saturated heterocycles. The van der Waals surface area contributed by atoms with E-state index in [0.717, 1.165) is 31.4 Å². The van der Waals surface area contributed by atoms with E-state index in [9.17, 15) is 26.8 Å². The molecule has 3 N–H and O–H groups in total. The molecule has 0 aliphatic carbocycles. The van der Waals surface area contributed by atoms with Gasteiger partial charge in [0.15, 0.2) is 0 Å². The Bertz CT molecular complexity index is 1450. The summed E-state index contributed by atoms with van der Waals surface area (Å²) < 4.78 is 56.0. The summed E-state index contributed by atoms with van der Waals surface area (Å²) in [5.41, 5.74) is 0.920. The lowest BCUT2D eigenvalue weighted by Crippen LogP contribution is -2.51. The van der Waals surface area contributed by atoms with E-state index < -0.39 is 39.6 Å². The average Bonchev–Trinajstić information content (AvgIpc) is 3.39. The fourth-order valence-electron chi connectivity index (χ4n) is 4.78. The van der Waals surface area contributed by atoms with Crippen molar-refractivity contribution in [3.8, 4) is 11.3 Å². The van der Waals surface area contributed by atoms with Gasteiger partial charge in [0.2, 0.25) is 21.8 Å². The van der Waals surface area contributed by atoms with Crippen molar-refractivity contribution in [2.24, 2.45) is 0 Å². The van der Waals surface area contributed by atoms with Crippen LogP contribution in [0.3, 0.4) is 0 Å². The van der Waals surface area contributed by atoms with Crippen LogP contribution >= 0.6 is 0 Å². The molecular weight excluding hydrogens is 540 g/mol. The van der Waals surface area contributed by atoms with Crippen molar-refractivity contribution in [3.05, 3.63) is 77.8 Å². The number of hydrogen-bond acceptors (Lipinski definition) is 5. The third-order valence-corrected chi connectivity index (χ3v) is 8.28. The lowest BCUT2D eigenvalue weighted by Gasteiger charge is -2.34. The zero-order valence-corrected chi connectivity index (χ0v) is 23.2. The number of aromatic nitrogens is 2. The van der Waals surface area contributed by atoms with Gasteiger partial charge in [-0.3, -0.25) is 9.59 Å². The standard InChI is InChI=1S/C28H33F2N5O4S/c1-18-8-6-7-13-35(18)26(36)15-24(34-40(38,39)17-20-9-4-3-5-10-20)28(37)32-19(2)27-31-16-25(33-27)22-12-11-21(29)14-23(22)30/h3-5,9-12,14,16,18-19,24,34H,6-8,13,15,17H2,1-2H3,(H,31,33)(H,32,37)/t18-,19?,24?/m0/s1. The fourth-order valence-corrected chi connectivity index (χ4v) is 6.12. The quantitative estimate of drug-likeness (QED) is 0.340. The van der Waals surface area contributed by atoms with Gasteiger partial charge < -0.3 is 15.2 Å². The molecule has 12 heteroatoms. The number of sulfonamides is 1. The molecule has 0 radical (unpaired) electrons. The third-order valence-electron chi connectivity index (χ3n) is 6.93. The first-order valence-electron chi connectivity index (χ1n) is 13.2. The highest BCUT2D eigenvalue weighted by molar-refractivity contribution is 7.88. The van der Waals surface area contributed by atoms with E-state index in [4.69, 9.17) is 0 Å². The van der Waals surface area contributed by atoms with Crippen LogP contribution in [0, 0.1) is 11.6 Å². The number of carbonyl (C=O) groups excluding carboxylic acids is 2. The maximum absolute atomic E-state index is 14.2. The second-order valence-corrected chi connectivity index (χ2v) is 11.8. The SMILES string of the molecule is CC(NC(=O)C(CC(=O)N1CCCC[C@@H]1C)NS(=O)(=O)Cc1ccccc1)c1ncc(-c2ccc(F)cc2F)[nH]1. The molecule has 2 amide bonds. The van der Waals surface area contributed by atoms with Gasteiger partial charge >= 0.3 is 0 Å². The largest absolute Gasteiger partial charge is 0.345 e. The lowest BCUT2D eigenvalue weighted by molar-refractivity contribution is -0.137. The van der Waals surface area contributed by atoms with Crippen LogP contribution in [-0.4, -0.2) is 53.7 Å². The van der Waals surface area contributed by atoms with Gasteiger partial charge in [0, 0.05) is 24.2 Å². The van der Waals surface area contributed by atoms with Crippen LogP contribution in [0.4, 0.5) is 8.78 Å². The van der Waals surface area contributed by atoms with Gasteiger partial charge in [-0.1, -0.05) is 30.3 Å². The van der Waals surface area contributed by atoms with Gasteiger partial charge in [0.1, 0.15) is 23.5 Å². The monoisotopic (exact) mass is 573 g/mol. The minimum Gasteiger partial charge on any atom is -0.345 e. The smallest absolute Gasteiger partial charge is 0.239 e. The summed E-state index contributed by atoms with van der Waals surface area (Å²) in [6.45, 7) is 4.11. The fraction of sp³-hybridized carbons (Fsp3) is 0.393. The Hall–Kier alpha value is -3.64. The van der Waals surface area contributed by atoms with Crippen molar-refractivity contribution in [2.75, 3.05) is 6.54 Å². The number of H-pyrrole nitrogens is 1. The number of aromatic amines is 1. The van der Waals surface area contributed by atoms with Gasteiger partial charge in [-0.15, -0.1) is 0 Å². The maximum Gasteiger partial charge on any atom is 0.239 e. The first kappa shape index (κ1) is 29.3. The number of imidazole rings is 1. The number of rotatable bonds is 10. The number of nitrogens with zero attached hydrogens (tertiary/aromatic N) is 2. The van der Waals surface area contributed by atoms with Crippen LogP contribution in [0.15, 0.2) is 54.7 Å². The van der Waals surface area contributed by atoms with Crippen LogP contribution in [0.25, 0.3) is 11.3 Å². The topological polar surface area (TPSA) is 124 Å². The first-order valence-corrected chi connectivity index (χ1v) is 14.8. The van der Waals surface area contributed by atoms with E-state index in [0.29, 0.717) is 12.1 Å². The second kappa shape index (κ2) is 12.7. The van der Waals surface area contributed by atoms with Gasteiger partial charge in [-0.05, 0) is 50.8 Å². The molecule has 1 fully saturated rings. The molecule has 214 valence electrons. The van der Waals surface area contributed by atoms with E-state index in [-0.39, 0.29) is 41.2 Å². The van der Waals surface area contributed by atoms with Crippen molar-refractivity contribution in [2.45, 2.75) is 63.4 Å². The summed E-state index contributed by atoms with van der Waals surface area (Å²) in [5.74, 6) is -2.58. The average molecular weight is 574 g/mol. The Labute approximate surface area is 232 Å². The highest BCUT2D eigenvalue weighted by atomic mass is 32.2. The van der Waals surface area contributed by atoms with Crippen LogP contribution in [0.5, 0.6) is 0 Å². The summed E-state index contributed by atoms with van der Waals surface area (Å²) in [7, 11) is -3.99. The number of carbonyl (C=O) groups is 2. The summed E-state index contributed by atoms with van der Waals surface area (Å²) in [6.07, 6.45) is 3.70. The number of hydrogen-bond donors (Lipinski definition) is 3. The van der Waals surface area contributed by atoms with Crippen molar-refractivity contribution in [1.82, 2.24) is 24.9 Å². The summed E-state index contributed by atoms with van der Waals surface area (Å²) in [5, 5.41) is 2.71. The molecule has 3 aromatic rings. The summed E-state index contributed by atoms with van der Waals surface area (Å²) >= 11 is 0. The van der Waals surface area contributed by atoms with E-state index in [1.54, 1.807) is 42.2 Å². The van der Waals surface area contributed by atoms with Crippen molar-refractivity contribution < 1.29 is 26.8 Å². The summed E-state index contributed by atoms with van der Waals surface area (Å²) in [4.78, 5) is 35.3.